The Balaban J connectivity index is 2.27. The molecule has 1 unspecified atom stereocenters. The summed E-state index contributed by atoms with van der Waals surface area (Å²) in [6.45, 7) is 1.92. The van der Waals surface area contributed by atoms with E-state index in [4.69, 9.17) is 4.74 Å². The number of piperazine rings is 1. The summed E-state index contributed by atoms with van der Waals surface area (Å²) in [7, 11) is 3.11. The number of nitrogens with one attached hydrogen (secondary N) is 1. The Labute approximate surface area is 123 Å². The largest absolute Gasteiger partial charge is 0.496 e. The van der Waals surface area contributed by atoms with Crippen LogP contribution in [0, 0.1) is 6.92 Å². The predicted octanol–water partition coefficient (Wildman–Crippen LogP) is 0.315. The summed E-state index contributed by atoms with van der Waals surface area (Å²) < 4.78 is 5.19. The maximum Gasteiger partial charge on any atom is 0.245 e. The van der Waals surface area contributed by atoms with Crippen molar-refractivity contribution in [1.29, 1.82) is 0 Å². The minimum absolute atomic E-state index is 0.0799. The lowest BCUT2D eigenvalue weighted by Gasteiger charge is -2.29. The molecule has 1 saturated heterocycles. The summed E-state index contributed by atoms with van der Waals surface area (Å²) in [4.78, 5) is 36.1. The number of nitrogens with zero attached hydrogens (tertiary/aromatic N) is 1. The monoisotopic (exact) mass is 290 g/mol. The molecule has 1 heterocycles. The van der Waals surface area contributed by atoms with Crippen LogP contribution in [0.1, 0.15) is 21.5 Å². The number of methoxy groups -OCH3 is 1. The first-order chi connectivity index (χ1) is 9.96. The van der Waals surface area contributed by atoms with Crippen molar-refractivity contribution in [2.24, 2.45) is 0 Å². The fraction of sp³-hybridized carbons (Fsp3) is 0.400. The highest BCUT2D eigenvalue weighted by Gasteiger charge is 2.30. The van der Waals surface area contributed by atoms with Crippen LogP contribution in [0.5, 0.6) is 5.75 Å². The molecule has 1 N–H and O–H groups in total. The number of amides is 2. The number of carbonyl (C=O) groups excluding carboxylic acids is 3. The van der Waals surface area contributed by atoms with Gasteiger partial charge in [0.25, 0.3) is 0 Å². The van der Waals surface area contributed by atoms with Crippen molar-refractivity contribution in [3.05, 3.63) is 28.8 Å². The molecule has 6 heteroatoms. The van der Waals surface area contributed by atoms with E-state index in [1.807, 2.05) is 13.0 Å². The van der Waals surface area contributed by atoms with Gasteiger partial charge in [-0.3, -0.25) is 14.4 Å². The summed E-state index contributed by atoms with van der Waals surface area (Å²) in [6.07, 6.45) is 1.07. The molecule has 2 rings (SSSR count). The Morgan fingerprint density at radius 1 is 1.43 bits per heavy atom. The molecule has 0 aromatic heterocycles. The summed E-state index contributed by atoms with van der Waals surface area (Å²) in [5.41, 5.74) is 2.07. The highest BCUT2D eigenvalue weighted by Crippen LogP contribution is 2.24. The molecule has 6 nitrogen and oxygen atoms in total. The molecule has 112 valence electrons. The van der Waals surface area contributed by atoms with Crippen molar-refractivity contribution < 1.29 is 19.1 Å². The summed E-state index contributed by atoms with van der Waals surface area (Å²) >= 11 is 0. The molecule has 21 heavy (non-hydrogen) atoms. The summed E-state index contributed by atoms with van der Waals surface area (Å²) in [6, 6.07) is 2.95. The second kappa shape index (κ2) is 5.95. The van der Waals surface area contributed by atoms with Gasteiger partial charge in [-0.25, -0.2) is 0 Å². The van der Waals surface area contributed by atoms with Gasteiger partial charge < -0.3 is 15.0 Å². The fourth-order valence-corrected chi connectivity index (χ4v) is 2.60. The van der Waals surface area contributed by atoms with E-state index in [-0.39, 0.29) is 18.4 Å². The van der Waals surface area contributed by atoms with E-state index in [9.17, 15) is 14.4 Å². The quantitative estimate of drug-likeness (QED) is 0.810. The number of hydrogen-bond donors (Lipinski definition) is 1. The SMILES string of the molecule is COc1c(C)cc(CC2NC(=O)CN(C)C2=O)cc1C=O. The molecule has 1 fully saturated rings. The van der Waals surface area contributed by atoms with Gasteiger partial charge in [0.1, 0.15) is 11.8 Å². The second-order valence-corrected chi connectivity index (χ2v) is 5.17. The first kappa shape index (κ1) is 15.0. The number of carbonyl (C=O) groups is 3. The molecule has 1 aromatic carbocycles. The minimum atomic E-state index is -0.594. The third-order valence-corrected chi connectivity index (χ3v) is 3.52. The Kier molecular flexibility index (Phi) is 4.26. The van der Waals surface area contributed by atoms with Gasteiger partial charge in [0.05, 0.1) is 19.2 Å². The zero-order valence-corrected chi connectivity index (χ0v) is 12.3. The normalized spacial score (nSPS) is 18.4. The van der Waals surface area contributed by atoms with E-state index in [1.165, 1.54) is 12.0 Å². The lowest BCUT2D eigenvalue weighted by Crippen LogP contribution is -2.57. The van der Waals surface area contributed by atoms with Crippen molar-refractivity contribution in [2.75, 3.05) is 20.7 Å². The van der Waals surface area contributed by atoms with Crippen LogP contribution in [0.2, 0.25) is 0 Å². The molecule has 0 saturated carbocycles. The molecule has 0 bridgehead atoms. The molecular weight excluding hydrogens is 272 g/mol. The third-order valence-electron chi connectivity index (χ3n) is 3.52. The van der Waals surface area contributed by atoms with Crippen LogP contribution in [0.3, 0.4) is 0 Å². The summed E-state index contributed by atoms with van der Waals surface area (Å²) in [5, 5.41) is 2.68. The lowest BCUT2D eigenvalue weighted by atomic mass is 9.98. The molecule has 1 aliphatic heterocycles. The zero-order chi connectivity index (χ0) is 15.6. The fourth-order valence-electron chi connectivity index (χ4n) is 2.60. The van der Waals surface area contributed by atoms with Gasteiger partial charge in [0.15, 0.2) is 6.29 Å². The highest BCUT2D eigenvalue weighted by atomic mass is 16.5. The van der Waals surface area contributed by atoms with Crippen molar-refractivity contribution in [2.45, 2.75) is 19.4 Å². The molecule has 1 atom stereocenters. The van der Waals surface area contributed by atoms with Crippen LogP contribution in [-0.4, -0.2) is 49.7 Å². The van der Waals surface area contributed by atoms with E-state index in [2.05, 4.69) is 5.32 Å². The minimum Gasteiger partial charge on any atom is -0.496 e. The Morgan fingerprint density at radius 3 is 2.76 bits per heavy atom. The van der Waals surface area contributed by atoms with Gasteiger partial charge in [-0.15, -0.1) is 0 Å². The van der Waals surface area contributed by atoms with Gasteiger partial charge >= 0.3 is 0 Å². The van der Waals surface area contributed by atoms with Gasteiger partial charge in [-0.1, -0.05) is 6.07 Å². The molecule has 0 aliphatic carbocycles. The van der Waals surface area contributed by atoms with E-state index in [0.29, 0.717) is 17.7 Å². The molecule has 2 amide bonds. The molecule has 1 aromatic rings. The molecular formula is C15H18N2O4. The smallest absolute Gasteiger partial charge is 0.245 e. The Bertz CT molecular complexity index is 598. The van der Waals surface area contributed by atoms with Crippen molar-refractivity contribution in [3.63, 3.8) is 0 Å². The van der Waals surface area contributed by atoms with Crippen molar-refractivity contribution in [3.8, 4) is 5.75 Å². The first-order valence-corrected chi connectivity index (χ1v) is 6.63. The Morgan fingerprint density at radius 2 is 2.14 bits per heavy atom. The highest BCUT2D eigenvalue weighted by molar-refractivity contribution is 5.94. The number of aryl methyl sites for hydroxylation is 1. The standard InChI is InChI=1S/C15H18N2O4/c1-9-4-10(5-11(8-18)14(9)21-3)6-12-15(20)17(2)7-13(19)16-12/h4-5,8,12H,6-7H2,1-3H3,(H,16,19). The van der Waals surface area contributed by atoms with Crippen LogP contribution in [-0.2, 0) is 16.0 Å². The maximum atomic E-state index is 12.1. The van der Waals surface area contributed by atoms with Gasteiger partial charge in [0, 0.05) is 13.5 Å². The van der Waals surface area contributed by atoms with Crippen molar-refractivity contribution in [1.82, 2.24) is 10.2 Å². The van der Waals surface area contributed by atoms with Gasteiger partial charge in [-0.05, 0) is 24.1 Å². The van der Waals surface area contributed by atoms with E-state index in [0.717, 1.165) is 17.4 Å². The average molecular weight is 290 g/mol. The number of benzene rings is 1. The number of likely N-dealkylation sites (N-methyl/N-ethyl adjacent to an activating group) is 1. The average Bonchev–Trinajstić information content (AvgIpc) is 2.43. The topological polar surface area (TPSA) is 75.7 Å². The first-order valence-electron chi connectivity index (χ1n) is 6.63. The molecule has 1 aliphatic rings. The number of rotatable bonds is 4. The van der Waals surface area contributed by atoms with E-state index in [1.54, 1.807) is 13.1 Å². The van der Waals surface area contributed by atoms with Crippen LogP contribution in [0.4, 0.5) is 0 Å². The van der Waals surface area contributed by atoms with Crippen LogP contribution < -0.4 is 10.1 Å². The Hall–Kier alpha value is -2.37. The van der Waals surface area contributed by atoms with Crippen LogP contribution in [0.25, 0.3) is 0 Å². The third kappa shape index (κ3) is 3.04. The molecule has 0 spiro atoms. The van der Waals surface area contributed by atoms with Crippen LogP contribution >= 0.6 is 0 Å². The summed E-state index contributed by atoms with van der Waals surface area (Å²) in [5.74, 6) is 0.226. The van der Waals surface area contributed by atoms with Crippen molar-refractivity contribution >= 4 is 18.1 Å². The number of ether oxygens (including phenoxy) is 1. The second-order valence-electron chi connectivity index (χ2n) is 5.17. The van der Waals surface area contributed by atoms with E-state index >= 15 is 0 Å². The van der Waals surface area contributed by atoms with E-state index < -0.39 is 6.04 Å². The van der Waals surface area contributed by atoms with Gasteiger partial charge in [0.2, 0.25) is 11.8 Å². The zero-order valence-electron chi connectivity index (χ0n) is 12.3. The van der Waals surface area contributed by atoms with Gasteiger partial charge in [-0.2, -0.15) is 0 Å². The molecule has 0 radical (unpaired) electrons. The predicted molar refractivity (Wildman–Crippen MR) is 76.4 cm³/mol. The number of aldehydes is 1. The van der Waals surface area contributed by atoms with Crippen LogP contribution in [0.15, 0.2) is 12.1 Å². The maximum absolute atomic E-state index is 12.1. The number of hydrogen-bond acceptors (Lipinski definition) is 4. The lowest BCUT2D eigenvalue weighted by molar-refractivity contribution is -0.142.